The zero-order valence-electron chi connectivity index (χ0n) is 15.5. The Morgan fingerprint density at radius 3 is 2.43 bits per heavy atom. The van der Waals surface area contributed by atoms with Crippen LogP contribution < -0.4 is 5.32 Å². The summed E-state index contributed by atoms with van der Waals surface area (Å²) >= 11 is 0. The normalized spacial score (nSPS) is 17.9. The first kappa shape index (κ1) is 17.9. The summed E-state index contributed by atoms with van der Waals surface area (Å²) in [6.45, 7) is 3.52. The molecule has 1 atom stereocenters. The molecule has 1 unspecified atom stereocenters. The van der Waals surface area contributed by atoms with Gasteiger partial charge in [0.1, 0.15) is 0 Å². The number of fused-ring (bicyclic) bond motifs is 2. The summed E-state index contributed by atoms with van der Waals surface area (Å²) < 4.78 is 0. The van der Waals surface area contributed by atoms with Gasteiger partial charge in [0, 0.05) is 46.0 Å². The smallest absolute Gasteiger partial charge is 0.273 e. The third-order valence-electron chi connectivity index (χ3n) is 5.31. The molecule has 0 saturated heterocycles. The predicted octanol–water partition coefficient (Wildman–Crippen LogP) is 4.14. The van der Waals surface area contributed by atoms with Crippen LogP contribution in [0.5, 0.6) is 0 Å². The van der Waals surface area contributed by atoms with Crippen molar-refractivity contribution in [2.24, 2.45) is 0 Å². The van der Waals surface area contributed by atoms with Gasteiger partial charge in [-0.2, -0.15) is 0 Å². The van der Waals surface area contributed by atoms with Crippen LogP contribution in [-0.2, 0) is 4.79 Å². The van der Waals surface area contributed by atoms with Crippen LogP contribution in [0, 0.1) is 10.1 Å². The first-order valence-corrected chi connectivity index (χ1v) is 9.08. The predicted molar refractivity (Wildman–Crippen MR) is 105 cm³/mol. The maximum Gasteiger partial charge on any atom is 0.273 e. The average Bonchev–Trinajstić information content (AvgIpc) is 2.98. The van der Waals surface area contributed by atoms with Crippen molar-refractivity contribution in [3.05, 3.63) is 92.2 Å². The van der Waals surface area contributed by atoms with Gasteiger partial charge in [-0.3, -0.25) is 19.7 Å². The molecule has 1 aliphatic heterocycles. The van der Waals surface area contributed by atoms with E-state index in [1.807, 2.05) is 12.1 Å². The lowest BCUT2D eigenvalue weighted by atomic mass is 9.77. The topological polar surface area (TPSA) is 89.3 Å². The number of rotatable bonds is 4. The molecule has 6 heteroatoms. The molecule has 0 spiro atoms. The molecule has 2 aromatic carbocycles. The Bertz CT molecular complexity index is 1110. The quantitative estimate of drug-likeness (QED) is 0.642. The summed E-state index contributed by atoms with van der Waals surface area (Å²) in [6, 6.07) is 13.5. The second-order valence-electron chi connectivity index (χ2n) is 6.85. The van der Waals surface area contributed by atoms with Gasteiger partial charge < -0.3 is 5.32 Å². The molecule has 0 amide bonds. The van der Waals surface area contributed by atoms with Gasteiger partial charge in [-0.1, -0.05) is 49.4 Å². The van der Waals surface area contributed by atoms with E-state index in [0.717, 1.165) is 5.56 Å². The number of para-hydroxylation sites is 1. The second-order valence-corrected chi connectivity index (χ2v) is 6.85. The number of dihydropyridines is 1. The van der Waals surface area contributed by atoms with Crippen LogP contribution in [0.2, 0.25) is 0 Å². The van der Waals surface area contributed by atoms with Crippen molar-refractivity contribution >= 4 is 23.0 Å². The second kappa shape index (κ2) is 6.56. The molecule has 2 aromatic rings. The van der Waals surface area contributed by atoms with Crippen LogP contribution in [-0.4, -0.2) is 16.5 Å². The largest absolute Gasteiger partial charge is 0.358 e. The molecule has 6 nitrogen and oxygen atoms in total. The Labute approximate surface area is 161 Å². The van der Waals surface area contributed by atoms with Gasteiger partial charge in [-0.15, -0.1) is 0 Å². The van der Waals surface area contributed by atoms with Crippen molar-refractivity contribution in [2.45, 2.75) is 26.2 Å². The van der Waals surface area contributed by atoms with Gasteiger partial charge in [0.15, 0.2) is 11.6 Å². The number of nitrogens with one attached hydrogen (secondary N) is 1. The minimum Gasteiger partial charge on any atom is -0.358 e. The molecule has 0 saturated carbocycles. The van der Waals surface area contributed by atoms with Crippen LogP contribution >= 0.6 is 0 Å². The number of Topliss-reactive ketones (excluding diaryl/α,β-unsaturated/α-hetero) is 2. The van der Waals surface area contributed by atoms with E-state index in [1.54, 1.807) is 44.2 Å². The lowest BCUT2D eigenvalue weighted by Gasteiger charge is -2.29. The van der Waals surface area contributed by atoms with Crippen LogP contribution in [0.25, 0.3) is 5.70 Å². The van der Waals surface area contributed by atoms with Crippen molar-refractivity contribution in [3.8, 4) is 0 Å². The van der Waals surface area contributed by atoms with Gasteiger partial charge in [0.05, 0.1) is 16.5 Å². The Morgan fingerprint density at radius 2 is 1.75 bits per heavy atom. The summed E-state index contributed by atoms with van der Waals surface area (Å²) in [7, 11) is 0. The fourth-order valence-corrected chi connectivity index (χ4v) is 4.10. The van der Waals surface area contributed by atoms with Gasteiger partial charge in [-0.25, -0.2) is 0 Å². The maximum atomic E-state index is 13.3. The summed E-state index contributed by atoms with van der Waals surface area (Å²) in [4.78, 5) is 37.3. The van der Waals surface area contributed by atoms with E-state index in [0.29, 0.717) is 33.7 Å². The van der Waals surface area contributed by atoms with E-state index < -0.39 is 10.8 Å². The van der Waals surface area contributed by atoms with Crippen LogP contribution in [0.15, 0.2) is 65.4 Å². The van der Waals surface area contributed by atoms with Gasteiger partial charge in [0.2, 0.25) is 0 Å². The number of benzene rings is 2. The highest BCUT2D eigenvalue weighted by molar-refractivity contribution is 6.23. The molecule has 0 aromatic heterocycles. The van der Waals surface area contributed by atoms with E-state index >= 15 is 0 Å². The number of ketones is 2. The fraction of sp³-hybridized carbons (Fsp3) is 0.182. The highest BCUT2D eigenvalue weighted by Crippen LogP contribution is 2.48. The minimum absolute atomic E-state index is 0.0980. The lowest BCUT2D eigenvalue weighted by molar-refractivity contribution is -0.385. The monoisotopic (exact) mass is 374 g/mol. The fourth-order valence-electron chi connectivity index (χ4n) is 4.10. The first-order valence-electron chi connectivity index (χ1n) is 9.08. The van der Waals surface area contributed by atoms with E-state index in [9.17, 15) is 19.7 Å². The standard InChI is InChI=1S/C22H18N2O4/c1-3-17(25)18-12(2)23-21-13-8-4-5-9-14(13)22(26)20(21)19(18)15-10-6-7-11-16(15)24(27)28/h4-11,19,23H,3H2,1-2H3. The zero-order valence-corrected chi connectivity index (χ0v) is 15.5. The summed E-state index contributed by atoms with van der Waals surface area (Å²) in [5.74, 6) is -1.11. The van der Waals surface area contributed by atoms with Crippen LogP contribution in [0.4, 0.5) is 5.69 Å². The van der Waals surface area contributed by atoms with Crippen molar-refractivity contribution < 1.29 is 14.5 Å². The lowest BCUT2D eigenvalue weighted by Crippen LogP contribution is -2.28. The van der Waals surface area contributed by atoms with Crippen molar-refractivity contribution in [2.75, 3.05) is 0 Å². The highest BCUT2D eigenvalue weighted by atomic mass is 16.6. The van der Waals surface area contributed by atoms with E-state index in [4.69, 9.17) is 0 Å². The van der Waals surface area contributed by atoms with E-state index in [1.165, 1.54) is 6.07 Å². The molecule has 0 bridgehead atoms. The number of allylic oxidation sites excluding steroid dienone is 3. The number of nitro benzene ring substituents is 1. The average molecular weight is 374 g/mol. The Morgan fingerprint density at radius 1 is 1.11 bits per heavy atom. The Hall–Kier alpha value is -3.54. The SMILES string of the molecule is CCC(=O)C1=C(C)NC2=C(C(=O)c3ccccc32)C1c1ccccc1[N+](=O)[O-]. The number of hydrogen-bond donors (Lipinski definition) is 1. The molecule has 1 aliphatic carbocycles. The third-order valence-corrected chi connectivity index (χ3v) is 5.31. The number of carbonyl (C=O) groups is 2. The molecule has 140 valence electrons. The molecule has 4 rings (SSSR count). The Kier molecular flexibility index (Phi) is 4.19. The van der Waals surface area contributed by atoms with E-state index in [-0.39, 0.29) is 23.7 Å². The van der Waals surface area contributed by atoms with E-state index in [2.05, 4.69) is 5.32 Å². The zero-order chi connectivity index (χ0) is 20.0. The number of nitro groups is 1. The maximum absolute atomic E-state index is 13.3. The van der Waals surface area contributed by atoms with Crippen LogP contribution in [0.3, 0.4) is 0 Å². The van der Waals surface area contributed by atoms with Crippen molar-refractivity contribution in [1.82, 2.24) is 5.32 Å². The number of carbonyl (C=O) groups excluding carboxylic acids is 2. The van der Waals surface area contributed by atoms with Gasteiger partial charge in [0.25, 0.3) is 5.69 Å². The molecule has 1 heterocycles. The molecule has 0 fully saturated rings. The van der Waals surface area contributed by atoms with Crippen molar-refractivity contribution in [3.63, 3.8) is 0 Å². The van der Waals surface area contributed by atoms with Gasteiger partial charge >= 0.3 is 0 Å². The number of nitrogens with zero attached hydrogens (tertiary/aromatic N) is 1. The highest BCUT2D eigenvalue weighted by Gasteiger charge is 2.43. The first-order chi connectivity index (χ1) is 13.5. The third kappa shape index (κ3) is 2.49. The van der Waals surface area contributed by atoms with Gasteiger partial charge in [-0.05, 0) is 6.92 Å². The molecule has 1 N–H and O–H groups in total. The summed E-state index contributed by atoms with van der Waals surface area (Å²) in [5, 5.41) is 14.9. The Balaban J connectivity index is 2.02. The molecular weight excluding hydrogens is 356 g/mol. The molecular formula is C22H18N2O4. The molecule has 28 heavy (non-hydrogen) atoms. The van der Waals surface area contributed by atoms with Crippen molar-refractivity contribution in [1.29, 1.82) is 0 Å². The van der Waals surface area contributed by atoms with Crippen LogP contribution in [0.1, 0.15) is 47.7 Å². The molecule has 2 aliphatic rings. The number of hydrogen-bond acceptors (Lipinski definition) is 5. The summed E-state index contributed by atoms with van der Waals surface area (Å²) in [6.07, 6.45) is 0.245. The summed E-state index contributed by atoms with van der Waals surface area (Å²) in [5.41, 5.74) is 3.63. The molecule has 0 radical (unpaired) electrons. The minimum atomic E-state index is -0.773.